The summed E-state index contributed by atoms with van der Waals surface area (Å²) >= 11 is 0. The Morgan fingerprint density at radius 1 is 0.500 bits per heavy atom. The van der Waals surface area contributed by atoms with Crippen LogP contribution in [0.2, 0.25) is 0 Å². The summed E-state index contributed by atoms with van der Waals surface area (Å²) in [4.78, 5) is 0. The zero-order valence-corrected chi connectivity index (χ0v) is 32.9. The summed E-state index contributed by atoms with van der Waals surface area (Å²) in [6.45, 7) is 10.00. The van der Waals surface area contributed by atoms with Gasteiger partial charge >= 0.3 is 294 Å². The van der Waals surface area contributed by atoms with Gasteiger partial charge in [0.25, 0.3) is 0 Å². The van der Waals surface area contributed by atoms with Gasteiger partial charge in [0.15, 0.2) is 0 Å². The van der Waals surface area contributed by atoms with E-state index in [2.05, 4.69) is 113 Å². The molecule has 4 aromatic rings. The molecule has 0 bridgehead atoms. The van der Waals surface area contributed by atoms with Crippen molar-refractivity contribution in [2.45, 2.75) is 115 Å². The van der Waals surface area contributed by atoms with Crippen LogP contribution in [0.1, 0.15) is 91.9 Å². The van der Waals surface area contributed by atoms with Crippen molar-refractivity contribution < 1.29 is 8.78 Å². The SMILES string of the molecule is CC(C)P(C(C)C)P(c1ccc(F)cc1)(c1ccc(F)cc1)(P(c1ccccc1)c1ccccc1)P(C1CCCCC1)C1CCCCC1. The quantitative estimate of drug-likeness (QED) is 0.135. The van der Waals surface area contributed by atoms with Crippen LogP contribution in [0.5, 0.6) is 0 Å². The molecule has 0 heterocycles. The summed E-state index contributed by atoms with van der Waals surface area (Å²) in [6.07, 6.45) is 13.0. The van der Waals surface area contributed by atoms with Crippen LogP contribution in [0, 0.1) is 11.6 Å². The standard InChI is InChI=1S/C42H54F2P4/c1-33(2)45(34(3)4)48(41-29-25-35(43)26-30-41,42-31-27-36(44)28-32-42,46(37-17-9-5-10-18-37)38-19-11-6-12-20-38)47(39-21-13-7-14-22-39)40-23-15-8-16-24-40/h5-6,9-12,17-20,25-34,39-40H,7-8,13-16,21-24H2,1-4H3. The Hall–Kier alpha value is -1.54. The molecule has 2 saturated carbocycles. The molecule has 2 aliphatic rings. The number of rotatable bonds is 11. The van der Waals surface area contributed by atoms with E-state index in [-0.39, 0.29) is 11.6 Å². The summed E-state index contributed by atoms with van der Waals surface area (Å²) in [6, 6.07) is 39.0. The van der Waals surface area contributed by atoms with E-state index in [1.807, 2.05) is 0 Å². The van der Waals surface area contributed by atoms with Crippen molar-refractivity contribution in [3.63, 3.8) is 0 Å². The Labute approximate surface area is 292 Å². The van der Waals surface area contributed by atoms with Gasteiger partial charge in [-0.2, -0.15) is 0 Å². The van der Waals surface area contributed by atoms with E-state index in [0.717, 1.165) is 0 Å². The Balaban J connectivity index is 1.95. The van der Waals surface area contributed by atoms with Gasteiger partial charge in [0.05, 0.1) is 0 Å². The van der Waals surface area contributed by atoms with Gasteiger partial charge in [-0.25, -0.2) is 0 Å². The van der Waals surface area contributed by atoms with Gasteiger partial charge < -0.3 is 0 Å². The van der Waals surface area contributed by atoms with Crippen LogP contribution in [-0.2, 0) is 0 Å². The van der Waals surface area contributed by atoms with Crippen molar-refractivity contribution in [1.29, 1.82) is 0 Å². The molecule has 4 aromatic carbocycles. The van der Waals surface area contributed by atoms with Crippen molar-refractivity contribution >= 4 is 49.7 Å². The molecule has 48 heavy (non-hydrogen) atoms. The second-order valence-electron chi connectivity index (χ2n) is 14.4. The number of halogens is 2. The third kappa shape index (κ3) is 6.41. The topological polar surface area (TPSA) is 0 Å². The van der Waals surface area contributed by atoms with Crippen molar-refractivity contribution in [2.24, 2.45) is 0 Å². The van der Waals surface area contributed by atoms with Crippen LogP contribution in [0.15, 0.2) is 109 Å². The fraction of sp³-hybridized carbons (Fsp3) is 0.429. The number of hydrogen-bond acceptors (Lipinski definition) is 0. The zero-order chi connectivity index (χ0) is 33.8. The molecule has 0 nitrogen and oxygen atoms in total. The number of benzene rings is 4. The fourth-order valence-corrected chi connectivity index (χ4v) is 67.0. The van der Waals surface area contributed by atoms with Gasteiger partial charge in [0, 0.05) is 0 Å². The summed E-state index contributed by atoms with van der Waals surface area (Å²) in [7, 11) is -2.37. The van der Waals surface area contributed by atoms with E-state index in [0.29, 0.717) is 22.6 Å². The molecule has 2 aliphatic carbocycles. The van der Waals surface area contributed by atoms with Crippen molar-refractivity contribution in [2.75, 3.05) is 0 Å². The predicted octanol–water partition coefficient (Wildman–Crippen LogP) is 12.8. The molecule has 0 N–H and O–H groups in total. The molecule has 0 atom stereocenters. The average Bonchev–Trinajstić information content (AvgIpc) is 3.10. The van der Waals surface area contributed by atoms with Crippen LogP contribution >= 0.6 is 28.5 Å². The normalized spacial score (nSPS) is 17.8. The van der Waals surface area contributed by atoms with E-state index in [4.69, 9.17) is 0 Å². The minimum atomic E-state index is -3.52. The molecule has 256 valence electrons. The molecule has 0 amide bonds. The van der Waals surface area contributed by atoms with E-state index >= 15 is 8.78 Å². The third-order valence-electron chi connectivity index (χ3n) is 10.8. The number of hydrogen-bond donors (Lipinski definition) is 0. The van der Waals surface area contributed by atoms with Gasteiger partial charge in [0.2, 0.25) is 0 Å². The first-order valence-electron chi connectivity index (χ1n) is 18.3. The monoisotopic (exact) mass is 720 g/mol. The van der Waals surface area contributed by atoms with Gasteiger partial charge in [-0.15, -0.1) is 0 Å². The van der Waals surface area contributed by atoms with E-state index in [9.17, 15) is 0 Å². The summed E-state index contributed by atoms with van der Waals surface area (Å²) < 4.78 is 30.6. The maximum atomic E-state index is 15.3. The third-order valence-corrected chi connectivity index (χ3v) is 50.5. The first-order valence-corrected chi connectivity index (χ1v) is 27.0. The molecule has 2 fully saturated rings. The van der Waals surface area contributed by atoms with Crippen LogP contribution in [0.25, 0.3) is 0 Å². The molecule has 0 radical (unpaired) electrons. The summed E-state index contributed by atoms with van der Waals surface area (Å²) in [5.74, 6) is -0.340. The van der Waals surface area contributed by atoms with Gasteiger partial charge in [-0.1, -0.05) is 0 Å². The first kappa shape index (κ1) is 36.3. The van der Waals surface area contributed by atoms with E-state index in [1.54, 1.807) is 24.3 Å². The van der Waals surface area contributed by atoms with Crippen molar-refractivity contribution in [3.8, 4) is 0 Å². The Bertz CT molecular complexity index is 1470. The first-order chi connectivity index (χ1) is 23.3. The minimum absolute atomic E-state index is 0.170. The Morgan fingerprint density at radius 3 is 1.19 bits per heavy atom. The second-order valence-corrected chi connectivity index (χ2v) is 38.2. The summed E-state index contributed by atoms with van der Waals surface area (Å²) in [5, 5.41) is 5.67. The molecule has 0 aromatic heterocycles. The van der Waals surface area contributed by atoms with Crippen LogP contribution in [0.4, 0.5) is 8.78 Å². The predicted molar refractivity (Wildman–Crippen MR) is 216 cm³/mol. The zero-order valence-electron chi connectivity index (χ0n) is 29.3. The molecule has 0 unspecified atom stereocenters. The molecule has 6 heteroatoms. The molecule has 0 aliphatic heterocycles. The Morgan fingerprint density at radius 2 is 0.854 bits per heavy atom. The average molecular weight is 721 g/mol. The molecule has 0 saturated heterocycles. The molecule has 6 rings (SSSR count). The van der Waals surface area contributed by atoms with Crippen LogP contribution in [0.3, 0.4) is 0 Å². The van der Waals surface area contributed by atoms with Gasteiger partial charge in [-0.05, 0) is 0 Å². The van der Waals surface area contributed by atoms with Crippen molar-refractivity contribution in [3.05, 3.63) is 121 Å². The van der Waals surface area contributed by atoms with Gasteiger partial charge in [0.1, 0.15) is 0 Å². The van der Waals surface area contributed by atoms with E-state index in [1.165, 1.54) is 85.4 Å². The van der Waals surface area contributed by atoms with Crippen molar-refractivity contribution in [1.82, 2.24) is 0 Å². The van der Waals surface area contributed by atoms with Crippen LogP contribution < -0.4 is 21.2 Å². The maximum absolute atomic E-state index is 15.3. The summed E-state index contributed by atoms with van der Waals surface area (Å²) in [5.41, 5.74) is -1.37. The fourth-order valence-electron chi connectivity index (χ4n) is 9.47. The molecular formula is C42H54F2P4. The molecular weight excluding hydrogens is 666 g/mol. The molecule has 0 spiro atoms. The van der Waals surface area contributed by atoms with Crippen LogP contribution in [-0.4, -0.2) is 22.6 Å². The van der Waals surface area contributed by atoms with Gasteiger partial charge in [-0.3, -0.25) is 0 Å². The second kappa shape index (κ2) is 15.8. The Kier molecular flexibility index (Phi) is 11.9. The van der Waals surface area contributed by atoms with E-state index < -0.39 is 28.5 Å².